The van der Waals surface area contributed by atoms with Crippen molar-refractivity contribution in [1.29, 1.82) is 0 Å². The fourth-order valence-electron chi connectivity index (χ4n) is 2.65. The first-order chi connectivity index (χ1) is 14.5. The number of benzene rings is 1. The number of methoxy groups -OCH3 is 1. The van der Waals surface area contributed by atoms with E-state index in [1.165, 1.54) is 11.3 Å². The van der Waals surface area contributed by atoms with Gasteiger partial charge in [0.05, 0.1) is 18.0 Å². The minimum Gasteiger partial charge on any atom is -0.441 e. The Bertz CT molecular complexity index is 1100. The van der Waals surface area contributed by atoms with Crippen LogP contribution in [0.15, 0.2) is 40.8 Å². The zero-order chi connectivity index (χ0) is 21.5. The van der Waals surface area contributed by atoms with Crippen molar-refractivity contribution in [3.8, 4) is 23.3 Å². The highest BCUT2D eigenvalue weighted by molar-refractivity contribution is 7.14. The van der Waals surface area contributed by atoms with Crippen molar-refractivity contribution in [2.45, 2.75) is 27.0 Å². The molecule has 0 fully saturated rings. The molecule has 0 unspecified atom stereocenters. The molecule has 2 heterocycles. The van der Waals surface area contributed by atoms with Gasteiger partial charge in [-0.05, 0) is 56.2 Å². The lowest BCUT2D eigenvalue weighted by molar-refractivity contribution is -0.115. The third kappa shape index (κ3) is 5.35. The fourth-order valence-corrected chi connectivity index (χ4v) is 3.52. The summed E-state index contributed by atoms with van der Waals surface area (Å²) in [6.07, 6.45) is 0. The van der Waals surface area contributed by atoms with Gasteiger partial charge < -0.3 is 19.8 Å². The third-order valence-corrected chi connectivity index (χ3v) is 5.17. The Hall–Kier alpha value is -3.41. The Labute approximate surface area is 178 Å². The number of carbonyl (C=O) groups is 2. The highest BCUT2D eigenvalue weighted by atomic mass is 32.1. The van der Waals surface area contributed by atoms with E-state index in [4.69, 9.17) is 9.15 Å². The number of oxazole rings is 1. The topological polar surface area (TPSA) is 93.5 Å². The lowest BCUT2D eigenvalue weighted by Gasteiger charge is -2.04. The molecular formula is C22H21N3O4S. The second-order valence-corrected chi connectivity index (χ2v) is 7.48. The van der Waals surface area contributed by atoms with Crippen LogP contribution in [0.5, 0.6) is 0 Å². The lowest BCUT2D eigenvalue weighted by Crippen LogP contribution is -2.21. The molecule has 0 aliphatic heterocycles. The highest BCUT2D eigenvalue weighted by Gasteiger charge is 2.13. The summed E-state index contributed by atoms with van der Waals surface area (Å²) in [5.41, 5.74) is 2.07. The van der Waals surface area contributed by atoms with Gasteiger partial charge in [-0.2, -0.15) is 0 Å². The molecule has 2 amide bonds. The van der Waals surface area contributed by atoms with Crippen molar-refractivity contribution in [1.82, 2.24) is 10.3 Å². The maximum atomic E-state index is 12.4. The molecule has 0 aliphatic rings. The second kappa shape index (κ2) is 9.87. The van der Waals surface area contributed by atoms with Crippen molar-refractivity contribution >= 4 is 28.8 Å². The van der Waals surface area contributed by atoms with Gasteiger partial charge in [0.25, 0.3) is 11.8 Å². The van der Waals surface area contributed by atoms with E-state index in [0.717, 1.165) is 10.4 Å². The predicted molar refractivity (Wildman–Crippen MR) is 115 cm³/mol. The molecule has 0 aliphatic carbocycles. The average Bonchev–Trinajstić information content (AvgIpc) is 3.34. The monoisotopic (exact) mass is 423 g/mol. The number of hydrogen-bond acceptors (Lipinski definition) is 6. The Morgan fingerprint density at radius 2 is 1.97 bits per heavy atom. The number of ether oxygens (including phenoxy) is 1. The van der Waals surface area contributed by atoms with Crippen molar-refractivity contribution in [3.05, 3.63) is 57.6 Å². The zero-order valence-electron chi connectivity index (χ0n) is 16.9. The third-order valence-electron chi connectivity index (χ3n) is 4.11. The van der Waals surface area contributed by atoms with Gasteiger partial charge in [-0.3, -0.25) is 9.59 Å². The molecule has 0 spiro atoms. The van der Waals surface area contributed by atoms with Crippen LogP contribution in [0.2, 0.25) is 0 Å². The number of rotatable bonds is 7. The maximum absolute atomic E-state index is 12.4. The Kier molecular flexibility index (Phi) is 7.01. The molecule has 2 N–H and O–H groups in total. The molecule has 1 aromatic carbocycles. The molecule has 0 bridgehead atoms. The number of hydrogen-bond donors (Lipinski definition) is 2. The van der Waals surface area contributed by atoms with Gasteiger partial charge in [-0.1, -0.05) is 5.92 Å². The Morgan fingerprint density at radius 1 is 1.20 bits per heavy atom. The number of aromatic nitrogens is 1. The molecule has 7 nitrogen and oxygen atoms in total. The predicted octanol–water partition coefficient (Wildman–Crippen LogP) is 3.75. The SMILES string of the molecule is CC#CC(=O)NCc1nc(-c2ccc(NC(=O)c3ccc(COC)s3)cc2)oc1C. The van der Waals surface area contributed by atoms with Crippen LogP contribution in [0.3, 0.4) is 0 Å². The summed E-state index contributed by atoms with van der Waals surface area (Å²) in [6, 6.07) is 10.9. The van der Waals surface area contributed by atoms with Crippen LogP contribution in [0.1, 0.15) is 32.9 Å². The van der Waals surface area contributed by atoms with Crippen LogP contribution >= 0.6 is 11.3 Å². The standard InChI is InChI=1S/C22H21N3O4S/c1-4-5-20(26)23-12-18-14(2)29-22(25-18)15-6-8-16(9-7-15)24-21(27)19-11-10-17(30-19)13-28-3/h6-11H,12-13H2,1-3H3,(H,23,26)(H,24,27). The van der Waals surface area contributed by atoms with E-state index in [2.05, 4.69) is 27.5 Å². The van der Waals surface area contributed by atoms with Crippen molar-refractivity contribution in [2.24, 2.45) is 0 Å². The molecule has 0 atom stereocenters. The minimum atomic E-state index is -0.360. The van der Waals surface area contributed by atoms with E-state index in [1.807, 2.05) is 18.2 Å². The molecule has 3 aromatic rings. The highest BCUT2D eigenvalue weighted by Crippen LogP contribution is 2.24. The van der Waals surface area contributed by atoms with Gasteiger partial charge >= 0.3 is 0 Å². The van der Waals surface area contributed by atoms with Crippen molar-refractivity contribution in [2.75, 3.05) is 12.4 Å². The summed E-state index contributed by atoms with van der Waals surface area (Å²) in [7, 11) is 1.62. The molecule has 3 rings (SSSR count). The first kappa shape index (κ1) is 21.3. The number of nitrogens with zero attached hydrogens (tertiary/aromatic N) is 1. The van der Waals surface area contributed by atoms with E-state index >= 15 is 0 Å². The minimum absolute atomic E-state index is 0.171. The molecule has 30 heavy (non-hydrogen) atoms. The molecule has 2 aromatic heterocycles. The molecule has 0 radical (unpaired) electrons. The fraction of sp³-hybridized carbons (Fsp3) is 0.227. The normalized spacial score (nSPS) is 10.2. The molecule has 154 valence electrons. The van der Waals surface area contributed by atoms with Crippen LogP contribution < -0.4 is 10.6 Å². The summed E-state index contributed by atoms with van der Waals surface area (Å²) < 4.78 is 10.8. The number of nitrogens with one attached hydrogen (secondary N) is 2. The van der Waals surface area contributed by atoms with Crippen LogP contribution in [-0.2, 0) is 22.7 Å². The first-order valence-electron chi connectivity index (χ1n) is 9.16. The summed E-state index contributed by atoms with van der Waals surface area (Å²) in [5, 5.41) is 5.54. The molecule has 0 saturated heterocycles. The average molecular weight is 423 g/mol. The maximum Gasteiger partial charge on any atom is 0.296 e. The van der Waals surface area contributed by atoms with E-state index in [1.54, 1.807) is 39.2 Å². The quantitative estimate of drug-likeness (QED) is 0.565. The van der Waals surface area contributed by atoms with E-state index < -0.39 is 0 Å². The van der Waals surface area contributed by atoms with Crippen LogP contribution in [0.25, 0.3) is 11.5 Å². The van der Waals surface area contributed by atoms with E-state index in [-0.39, 0.29) is 18.4 Å². The molecule has 8 heteroatoms. The van der Waals surface area contributed by atoms with Gasteiger partial charge in [-0.15, -0.1) is 11.3 Å². The van der Waals surface area contributed by atoms with Crippen LogP contribution in [0.4, 0.5) is 5.69 Å². The van der Waals surface area contributed by atoms with Gasteiger partial charge in [0.15, 0.2) is 0 Å². The molecule has 0 saturated carbocycles. The van der Waals surface area contributed by atoms with Crippen LogP contribution in [-0.4, -0.2) is 23.9 Å². The first-order valence-corrected chi connectivity index (χ1v) is 9.98. The summed E-state index contributed by atoms with van der Waals surface area (Å²) >= 11 is 1.40. The number of amides is 2. The summed E-state index contributed by atoms with van der Waals surface area (Å²) in [4.78, 5) is 29.9. The van der Waals surface area contributed by atoms with Gasteiger partial charge in [0.2, 0.25) is 5.89 Å². The smallest absolute Gasteiger partial charge is 0.296 e. The van der Waals surface area contributed by atoms with Gasteiger partial charge in [0, 0.05) is 23.2 Å². The number of aryl methyl sites for hydroxylation is 1. The number of carbonyl (C=O) groups excluding carboxylic acids is 2. The van der Waals surface area contributed by atoms with Crippen molar-refractivity contribution < 1.29 is 18.7 Å². The van der Waals surface area contributed by atoms with Crippen molar-refractivity contribution in [3.63, 3.8) is 0 Å². The molecular weight excluding hydrogens is 402 g/mol. The van der Waals surface area contributed by atoms with Gasteiger partial charge in [-0.25, -0.2) is 4.98 Å². The largest absolute Gasteiger partial charge is 0.441 e. The Balaban J connectivity index is 1.65. The number of anilines is 1. The zero-order valence-corrected chi connectivity index (χ0v) is 17.7. The Morgan fingerprint density at radius 3 is 2.67 bits per heavy atom. The summed E-state index contributed by atoms with van der Waals surface area (Å²) in [6.45, 7) is 4.11. The lowest BCUT2D eigenvalue weighted by atomic mass is 10.2. The summed E-state index contributed by atoms with van der Waals surface area (Å²) in [5.74, 6) is 5.50. The number of thiophene rings is 1. The second-order valence-electron chi connectivity index (χ2n) is 6.31. The van der Waals surface area contributed by atoms with Gasteiger partial charge in [0.1, 0.15) is 11.5 Å². The van der Waals surface area contributed by atoms with E-state index in [0.29, 0.717) is 34.5 Å². The van der Waals surface area contributed by atoms with Crippen LogP contribution in [0, 0.1) is 18.8 Å². The van der Waals surface area contributed by atoms with E-state index in [9.17, 15) is 9.59 Å².